The van der Waals surface area contributed by atoms with Gasteiger partial charge >= 0.3 is 6.09 Å². The predicted molar refractivity (Wildman–Crippen MR) is 149 cm³/mol. The van der Waals surface area contributed by atoms with Crippen LogP contribution in [0.25, 0.3) is 5.57 Å². The molecule has 1 aromatic heterocycles. The molecule has 0 N–H and O–H groups in total. The third-order valence-electron chi connectivity index (χ3n) is 6.03. The van der Waals surface area contributed by atoms with Crippen molar-refractivity contribution in [3.05, 3.63) is 89.8 Å². The Morgan fingerprint density at radius 2 is 1.72 bits per heavy atom. The summed E-state index contributed by atoms with van der Waals surface area (Å²) in [7, 11) is -3.28. The molecule has 206 valence electrons. The highest BCUT2D eigenvalue weighted by atomic mass is 32.2. The minimum absolute atomic E-state index is 0.147. The number of aromatic nitrogens is 1. The van der Waals surface area contributed by atoms with E-state index in [0.29, 0.717) is 43.3 Å². The van der Waals surface area contributed by atoms with Gasteiger partial charge < -0.3 is 19.1 Å². The zero-order valence-electron chi connectivity index (χ0n) is 22.7. The second-order valence-electron chi connectivity index (χ2n) is 10.4. The van der Waals surface area contributed by atoms with Crippen molar-refractivity contribution in [2.75, 3.05) is 19.3 Å². The number of amides is 1. The molecule has 0 bridgehead atoms. The highest BCUT2D eigenvalue weighted by molar-refractivity contribution is 7.90. The van der Waals surface area contributed by atoms with Crippen LogP contribution in [0.1, 0.15) is 44.0 Å². The van der Waals surface area contributed by atoms with E-state index in [2.05, 4.69) is 4.98 Å². The van der Waals surface area contributed by atoms with E-state index in [4.69, 9.17) is 14.2 Å². The Labute approximate surface area is 230 Å². The molecule has 9 heteroatoms. The topological polar surface area (TPSA) is 95.0 Å². The molecule has 2 heterocycles. The normalized spacial score (nSPS) is 13.9. The first kappa shape index (κ1) is 28.2. The SMILES string of the molecule is CC(C)(C)OC(=O)N1CC=C(c2cnc(COc3ccc(S(C)(=O)=O)cc3)c(OCc3ccccc3)c2)CC1. The third-order valence-corrected chi connectivity index (χ3v) is 7.16. The van der Waals surface area contributed by atoms with E-state index in [9.17, 15) is 13.2 Å². The Hall–Kier alpha value is -3.85. The molecule has 39 heavy (non-hydrogen) atoms. The van der Waals surface area contributed by atoms with Crippen molar-refractivity contribution >= 4 is 21.5 Å². The van der Waals surface area contributed by atoms with Crippen LogP contribution >= 0.6 is 0 Å². The maximum atomic E-state index is 12.4. The zero-order valence-corrected chi connectivity index (χ0v) is 23.5. The van der Waals surface area contributed by atoms with Crippen molar-refractivity contribution in [1.82, 2.24) is 9.88 Å². The lowest BCUT2D eigenvalue weighted by molar-refractivity contribution is 0.0270. The van der Waals surface area contributed by atoms with E-state index in [1.54, 1.807) is 23.2 Å². The van der Waals surface area contributed by atoms with Gasteiger partial charge in [-0.1, -0.05) is 36.4 Å². The number of hydrogen-bond acceptors (Lipinski definition) is 7. The van der Waals surface area contributed by atoms with Gasteiger partial charge in [0.15, 0.2) is 9.84 Å². The first-order valence-electron chi connectivity index (χ1n) is 12.7. The molecule has 0 radical (unpaired) electrons. The lowest BCUT2D eigenvalue weighted by Gasteiger charge is -2.29. The van der Waals surface area contributed by atoms with Crippen LogP contribution in [0.5, 0.6) is 11.5 Å². The van der Waals surface area contributed by atoms with Gasteiger partial charge in [0, 0.05) is 25.5 Å². The van der Waals surface area contributed by atoms with E-state index in [1.807, 2.05) is 63.2 Å². The van der Waals surface area contributed by atoms with Crippen molar-refractivity contribution in [2.45, 2.75) is 50.9 Å². The van der Waals surface area contributed by atoms with Crippen molar-refractivity contribution in [3.8, 4) is 11.5 Å². The number of nitrogens with zero attached hydrogens (tertiary/aromatic N) is 2. The fourth-order valence-electron chi connectivity index (χ4n) is 3.98. The first-order valence-corrected chi connectivity index (χ1v) is 14.6. The van der Waals surface area contributed by atoms with Crippen LogP contribution in [-0.2, 0) is 27.8 Å². The minimum atomic E-state index is -3.28. The van der Waals surface area contributed by atoms with E-state index < -0.39 is 15.4 Å². The Morgan fingerprint density at radius 1 is 1.00 bits per heavy atom. The molecule has 0 saturated carbocycles. The van der Waals surface area contributed by atoms with E-state index >= 15 is 0 Å². The summed E-state index contributed by atoms with van der Waals surface area (Å²) in [6.07, 6.45) is 5.32. The Morgan fingerprint density at radius 3 is 2.33 bits per heavy atom. The fraction of sp³-hybridized carbons (Fsp3) is 0.333. The lowest BCUT2D eigenvalue weighted by Crippen LogP contribution is -2.39. The van der Waals surface area contributed by atoms with Gasteiger partial charge in [0.05, 0.1) is 4.90 Å². The maximum Gasteiger partial charge on any atom is 0.410 e. The van der Waals surface area contributed by atoms with Gasteiger partial charge in [-0.05, 0) is 74.2 Å². The van der Waals surface area contributed by atoms with Crippen LogP contribution in [0.2, 0.25) is 0 Å². The molecule has 3 aromatic rings. The second kappa shape index (κ2) is 11.9. The van der Waals surface area contributed by atoms with E-state index in [1.165, 1.54) is 18.4 Å². The summed E-state index contributed by atoms with van der Waals surface area (Å²) in [5.74, 6) is 1.12. The first-order chi connectivity index (χ1) is 18.5. The second-order valence-corrected chi connectivity index (χ2v) is 12.4. The minimum Gasteiger partial charge on any atom is -0.487 e. The quantitative estimate of drug-likeness (QED) is 0.357. The molecule has 0 fully saturated rings. The monoisotopic (exact) mass is 550 g/mol. The smallest absolute Gasteiger partial charge is 0.410 e. The molecule has 4 rings (SSSR count). The van der Waals surface area contributed by atoms with Gasteiger partial charge in [-0.3, -0.25) is 4.98 Å². The van der Waals surface area contributed by atoms with Crippen LogP contribution in [0.15, 0.2) is 77.8 Å². The number of rotatable bonds is 8. The predicted octanol–water partition coefficient (Wildman–Crippen LogP) is 5.67. The fourth-order valence-corrected chi connectivity index (χ4v) is 4.61. The van der Waals surface area contributed by atoms with Crippen LogP contribution in [-0.4, -0.2) is 49.3 Å². The largest absolute Gasteiger partial charge is 0.487 e. The summed E-state index contributed by atoms with van der Waals surface area (Å²) in [6, 6.07) is 18.1. The summed E-state index contributed by atoms with van der Waals surface area (Å²) in [4.78, 5) is 19.0. The standard InChI is InChI=1S/C30H34N2O6S/c1-30(2,3)38-29(33)32-16-14-23(15-17-32)24-18-28(37-20-22-8-6-5-7-9-22)27(31-19-24)21-36-25-10-12-26(13-11-25)39(4,34)35/h5-14,18-19H,15-17,20-21H2,1-4H3. The van der Waals surface area contributed by atoms with Crippen molar-refractivity contribution in [2.24, 2.45) is 0 Å². The van der Waals surface area contributed by atoms with Crippen molar-refractivity contribution < 1.29 is 27.4 Å². The van der Waals surface area contributed by atoms with Crippen LogP contribution in [0, 0.1) is 0 Å². The molecule has 1 aliphatic heterocycles. The highest BCUT2D eigenvalue weighted by Crippen LogP contribution is 2.29. The molecule has 0 saturated heterocycles. The Bertz CT molecular complexity index is 1430. The van der Waals surface area contributed by atoms with Crippen LogP contribution < -0.4 is 9.47 Å². The average molecular weight is 551 g/mol. The number of benzene rings is 2. The maximum absolute atomic E-state index is 12.4. The number of carbonyl (C=O) groups is 1. The molecular formula is C30H34N2O6S. The van der Waals surface area contributed by atoms with Gasteiger partial charge in [0.2, 0.25) is 0 Å². The zero-order chi connectivity index (χ0) is 28.0. The van der Waals surface area contributed by atoms with E-state index in [0.717, 1.165) is 16.7 Å². The van der Waals surface area contributed by atoms with Crippen LogP contribution in [0.4, 0.5) is 4.79 Å². The van der Waals surface area contributed by atoms with Gasteiger partial charge in [-0.2, -0.15) is 0 Å². The molecule has 1 amide bonds. The van der Waals surface area contributed by atoms with Crippen molar-refractivity contribution in [3.63, 3.8) is 0 Å². The molecule has 0 unspecified atom stereocenters. The van der Waals surface area contributed by atoms with Crippen molar-refractivity contribution in [1.29, 1.82) is 0 Å². The summed E-state index contributed by atoms with van der Waals surface area (Å²) in [6.45, 7) is 7.09. The molecular weight excluding hydrogens is 516 g/mol. The van der Waals surface area contributed by atoms with E-state index in [-0.39, 0.29) is 17.6 Å². The summed E-state index contributed by atoms with van der Waals surface area (Å²) < 4.78 is 41.0. The Balaban J connectivity index is 1.50. The summed E-state index contributed by atoms with van der Waals surface area (Å²) in [5, 5.41) is 0. The molecule has 2 aromatic carbocycles. The van der Waals surface area contributed by atoms with Gasteiger partial charge in [-0.15, -0.1) is 0 Å². The molecule has 0 spiro atoms. The molecule has 0 atom stereocenters. The average Bonchev–Trinajstić information content (AvgIpc) is 2.90. The number of ether oxygens (including phenoxy) is 3. The number of pyridine rings is 1. The third kappa shape index (κ3) is 8.07. The lowest BCUT2D eigenvalue weighted by atomic mass is 10.0. The van der Waals surface area contributed by atoms with Crippen LogP contribution in [0.3, 0.4) is 0 Å². The highest BCUT2D eigenvalue weighted by Gasteiger charge is 2.24. The Kier molecular flexibility index (Phi) is 8.60. The summed E-state index contributed by atoms with van der Waals surface area (Å²) in [5.41, 5.74) is 3.10. The molecule has 1 aliphatic rings. The van der Waals surface area contributed by atoms with Gasteiger partial charge in [0.1, 0.15) is 36.0 Å². The summed E-state index contributed by atoms with van der Waals surface area (Å²) >= 11 is 0. The number of hydrogen-bond donors (Lipinski definition) is 0. The molecule has 8 nitrogen and oxygen atoms in total. The molecule has 0 aliphatic carbocycles. The van der Waals surface area contributed by atoms with Gasteiger partial charge in [0.25, 0.3) is 0 Å². The number of sulfone groups is 1. The number of carbonyl (C=O) groups excluding carboxylic acids is 1. The van der Waals surface area contributed by atoms with Gasteiger partial charge in [-0.25, -0.2) is 13.2 Å².